The van der Waals surface area contributed by atoms with Crippen LogP contribution in [0.3, 0.4) is 0 Å². The van der Waals surface area contributed by atoms with Gasteiger partial charge in [-0.25, -0.2) is 13.4 Å². The lowest BCUT2D eigenvalue weighted by Crippen LogP contribution is -2.36. The van der Waals surface area contributed by atoms with Crippen molar-refractivity contribution < 1.29 is 22.4 Å². The topological polar surface area (TPSA) is 93.0 Å². The Morgan fingerprint density at radius 1 is 1.05 bits per heavy atom. The molecule has 2 aromatic heterocycles. The highest BCUT2D eigenvalue weighted by Crippen LogP contribution is 2.33. The van der Waals surface area contributed by atoms with Crippen molar-refractivity contribution in [3.63, 3.8) is 0 Å². The van der Waals surface area contributed by atoms with Crippen LogP contribution in [-0.4, -0.2) is 36.8 Å². The van der Waals surface area contributed by atoms with E-state index in [0.717, 1.165) is 21.5 Å². The number of carbonyl (C=O) groups excluding carboxylic acids is 1. The minimum atomic E-state index is -3.72. The number of hydrogen-bond donors (Lipinski definition) is 0. The van der Waals surface area contributed by atoms with Crippen molar-refractivity contribution in [3.05, 3.63) is 108 Å². The maximum absolute atomic E-state index is 13.8. The number of aromatic nitrogens is 1. The normalized spacial score (nSPS) is 13.7. The molecule has 1 aliphatic heterocycles. The highest BCUT2D eigenvalue weighted by molar-refractivity contribution is 7.89. The first-order valence-electron chi connectivity index (χ1n) is 13.0. The number of ether oxygens (including phenoxy) is 1. The molecule has 0 bridgehead atoms. The van der Waals surface area contributed by atoms with Gasteiger partial charge in [-0.3, -0.25) is 9.69 Å². The second-order valence-corrected chi connectivity index (χ2v) is 12.4. The quantitative estimate of drug-likeness (QED) is 0.230. The fraction of sp³-hybridized carbons (Fsp3) is 0.200. The first kappa shape index (κ1) is 26.2. The van der Waals surface area contributed by atoms with Gasteiger partial charge >= 0.3 is 0 Å². The summed E-state index contributed by atoms with van der Waals surface area (Å²) in [6.45, 7) is 3.40. The maximum Gasteiger partial charge on any atom is 0.260 e. The minimum absolute atomic E-state index is 0.157. The molecular formula is C30H27N3O5S2. The zero-order valence-corrected chi connectivity index (χ0v) is 23.5. The van der Waals surface area contributed by atoms with Crippen molar-refractivity contribution in [2.75, 3.05) is 18.1 Å². The third-order valence-electron chi connectivity index (χ3n) is 6.86. The molecule has 0 saturated heterocycles. The van der Waals surface area contributed by atoms with Crippen LogP contribution in [0.5, 0.6) is 5.75 Å². The van der Waals surface area contributed by atoms with Crippen molar-refractivity contribution in [1.29, 1.82) is 0 Å². The molecule has 0 N–H and O–H groups in total. The molecule has 6 rings (SSSR count). The van der Waals surface area contributed by atoms with E-state index in [1.807, 2.05) is 49.4 Å². The molecule has 5 aromatic rings. The number of benzene rings is 3. The Bertz CT molecular complexity index is 1760. The van der Waals surface area contributed by atoms with Gasteiger partial charge in [0.1, 0.15) is 11.5 Å². The van der Waals surface area contributed by atoms with E-state index in [0.29, 0.717) is 42.6 Å². The first-order valence-corrected chi connectivity index (χ1v) is 15.2. The van der Waals surface area contributed by atoms with Crippen molar-refractivity contribution in [2.45, 2.75) is 31.3 Å². The van der Waals surface area contributed by atoms with E-state index in [2.05, 4.69) is 0 Å². The number of amides is 1. The number of sulfonamides is 1. The Hall–Kier alpha value is -3.99. The summed E-state index contributed by atoms with van der Waals surface area (Å²) < 4.78 is 40.4. The molecule has 0 aliphatic carbocycles. The minimum Gasteiger partial charge on any atom is -0.494 e. The second-order valence-electron chi connectivity index (χ2n) is 9.41. The summed E-state index contributed by atoms with van der Waals surface area (Å²) in [4.78, 5) is 20.2. The summed E-state index contributed by atoms with van der Waals surface area (Å²) in [5.41, 5.74) is 3.30. The van der Waals surface area contributed by atoms with Gasteiger partial charge in [-0.05, 0) is 79.1 Å². The predicted molar refractivity (Wildman–Crippen MR) is 154 cm³/mol. The third-order valence-corrected chi connectivity index (χ3v) is 9.76. The van der Waals surface area contributed by atoms with Crippen LogP contribution in [0.2, 0.25) is 0 Å². The maximum atomic E-state index is 13.8. The molecule has 0 radical (unpaired) electrons. The van der Waals surface area contributed by atoms with Gasteiger partial charge < -0.3 is 9.15 Å². The van der Waals surface area contributed by atoms with Crippen molar-refractivity contribution in [1.82, 2.24) is 9.29 Å². The molecule has 0 spiro atoms. The molecule has 10 heteroatoms. The average molecular weight is 574 g/mol. The third kappa shape index (κ3) is 5.13. The van der Waals surface area contributed by atoms with E-state index < -0.39 is 10.0 Å². The van der Waals surface area contributed by atoms with E-state index >= 15 is 0 Å². The molecule has 40 heavy (non-hydrogen) atoms. The average Bonchev–Trinajstić information content (AvgIpc) is 3.65. The highest BCUT2D eigenvalue weighted by Gasteiger charge is 2.29. The molecule has 1 amide bonds. The monoisotopic (exact) mass is 573 g/mol. The predicted octanol–water partition coefficient (Wildman–Crippen LogP) is 5.88. The molecule has 3 aromatic carbocycles. The van der Waals surface area contributed by atoms with Gasteiger partial charge in [0.05, 0.1) is 34.5 Å². The number of thiazole rings is 1. The number of hydrogen-bond acceptors (Lipinski definition) is 7. The molecule has 0 unspecified atom stereocenters. The van der Waals surface area contributed by atoms with E-state index in [-0.39, 0.29) is 17.3 Å². The summed E-state index contributed by atoms with van der Waals surface area (Å²) in [6, 6.07) is 23.2. The van der Waals surface area contributed by atoms with Crippen LogP contribution in [-0.2, 0) is 29.5 Å². The van der Waals surface area contributed by atoms with E-state index in [4.69, 9.17) is 14.1 Å². The van der Waals surface area contributed by atoms with Gasteiger partial charge in [0.25, 0.3) is 5.91 Å². The van der Waals surface area contributed by atoms with Gasteiger partial charge in [-0.15, -0.1) is 0 Å². The number of carbonyl (C=O) groups is 1. The zero-order chi connectivity index (χ0) is 27.7. The largest absolute Gasteiger partial charge is 0.494 e. The first-order chi connectivity index (χ1) is 19.4. The van der Waals surface area contributed by atoms with Gasteiger partial charge in [-0.1, -0.05) is 35.6 Å². The lowest BCUT2D eigenvalue weighted by molar-refractivity contribution is 0.0983. The highest BCUT2D eigenvalue weighted by atomic mass is 32.2. The Kier molecular flexibility index (Phi) is 7.14. The van der Waals surface area contributed by atoms with Gasteiger partial charge in [0.2, 0.25) is 10.0 Å². The fourth-order valence-electron chi connectivity index (χ4n) is 4.80. The molecular weight excluding hydrogens is 546 g/mol. The Labute approximate surface area is 236 Å². The zero-order valence-electron chi connectivity index (χ0n) is 21.8. The number of furan rings is 1. The standard InChI is InChI=1S/C30H27N3O5S2/c1-2-37-24-11-14-27-28(18-24)39-30(31-27)33(20-25-8-5-17-38-25)29(34)22-9-12-26(13-10-22)40(35,36)32-16-15-21-6-3-4-7-23(21)19-32/h3-14,17-18H,2,15-16,19-20H2,1H3. The van der Waals surface area contributed by atoms with Crippen LogP contribution in [0.25, 0.3) is 10.2 Å². The van der Waals surface area contributed by atoms with Crippen LogP contribution in [0.15, 0.2) is 94.4 Å². The summed E-state index contributed by atoms with van der Waals surface area (Å²) in [5, 5.41) is 0.508. The number of anilines is 1. The molecule has 204 valence electrons. The van der Waals surface area contributed by atoms with Crippen LogP contribution in [0, 0.1) is 0 Å². The second kappa shape index (κ2) is 10.9. The fourth-order valence-corrected chi connectivity index (χ4v) is 7.21. The van der Waals surface area contributed by atoms with Crippen LogP contribution in [0.4, 0.5) is 5.13 Å². The smallest absolute Gasteiger partial charge is 0.260 e. The molecule has 0 atom stereocenters. The summed E-state index contributed by atoms with van der Waals surface area (Å²) in [5.74, 6) is 1.03. The number of rotatable bonds is 8. The summed E-state index contributed by atoms with van der Waals surface area (Å²) in [7, 11) is -3.72. The van der Waals surface area contributed by atoms with Crippen molar-refractivity contribution in [2.24, 2.45) is 0 Å². The van der Waals surface area contributed by atoms with Crippen molar-refractivity contribution in [3.8, 4) is 5.75 Å². The number of fused-ring (bicyclic) bond motifs is 2. The molecule has 3 heterocycles. The summed E-state index contributed by atoms with van der Waals surface area (Å²) in [6.07, 6.45) is 2.23. The molecule has 8 nitrogen and oxygen atoms in total. The van der Waals surface area contributed by atoms with Crippen LogP contribution < -0.4 is 9.64 Å². The SMILES string of the molecule is CCOc1ccc2nc(N(Cc3ccco3)C(=O)c3ccc(S(=O)(=O)N4CCc5ccccc5C4)cc3)sc2c1. The van der Waals surface area contributed by atoms with Crippen molar-refractivity contribution >= 4 is 42.6 Å². The Morgan fingerprint density at radius 3 is 2.60 bits per heavy atom. The molecule has 1 aliphatic rings. The Balaban J connectivity index is 1.28. The Morgan fingerprint density at radius 2 is 1.85 bits per heavy atom. The van der Waals surface area contributed by atoms with Gasteiger partial charge in [-0.2, -0.15) is 4.31 Å². The summed E-state index contributed by atoms with van der Waals surface area (Å²) >= 11 is 1.38. The van der Waals surface area contributed by atoms with Gasteiger partial charge in [0.15, 0.2) is 5.13 Å². The van der Waals surface area contributed by atoms with Crippen LogP contribution in [0.1, 0.15) is 34.2 Å². The number of nitrogens with zero attached hydrogens (tertiary/aromatic N) is 3. The lowest BCUT2D eigenvalue weighted by Gasteiger charge is -2.28. The van der Waals surface area contributed by atoms with Crippen LogP contribution >= 0.6 is 11.3 Å². The molecule has 0 saturated carbocycles. The van der Waals surface area contributed by atoms with Gasteiger partial charge in [0, 0.05) is 18.7 Å². The van der Waals surface area contributed by atoms with E-state index in [1.165, 1.54) is 33.3 Å². The van der Waals surface area contributed by atoms with E-state index in [9.17, 15) is 13.2 Å². The lowest BCUT2D eigenvalue weighted by atomic mass is 10.0. The molecule has 0 fully saturated rings. The van der Waals surface area contributed by atoms with E-state index in [1.54, 1.807) is 35.4 Å².